The summed E-state index contributed by atoms with van der Waals surface area (Å²) in [4.78, 5) is 10.8. The summed E-state index contributed by atoms with van der Waals surface area (Å²) in [7, 11) is 1.36. The van der Waals surface area contributed by atoms with Crippen LogP contribution in [-0.2, 0) is 9.53 Å². The SMILES string of the molecule is COC(=O)/C=C/CNc1ccccc1C. The van der Waals surface area contributed by atoms with Gasteiger partial charge in [0.2, 0.25) is 0 Å². The molecule has 0 unspecified atom stereocenters. The third-order valence-corrected chi connectivity index (χ3v) is 2.01. The molecule has 0 aliphatic heterocycles. The molecule has 3 nitrogen and oxygen atoms in total. The molecule has 0 aliphatic carbocycles. The third kappa shape index (κ3) is 3.85. The lowest BCUT2D eigenvalue weighted by Crippen LogP contribution is -2.01. The van der Waals surface area contributed by atoms with Crippen molar-refractivity contribution in [2.75, 3.05) is 19.0 Å². The zero-order valence-corrected chi connectivity index (χ0v) is 8.99. The van der Waals surface area contributed by atoms with Gasteiger partial charge in [-0.15, -0.1) is 0 Å². The van der Waals surface area contributed by atoms with Gasteiger partial charge in [-0.25, -0.2) is 4.79 Å². The van der Waals surface area contributed by atoms with E-state index < -0.39 is 0 Å². The Hall–Kier alpha value is -1.77. The number of esters is 1. The van der Waals surface area contributed by atoms with Gasteiger partial charge in [0.05, 0.1) is 7.11 Å². The topological polar surface area (TPSA) is 38.3 Å². The van der Waals surface area contributed by atoms with Crippen LogP contribution in [0.3, 0.4) is 0 Å². The number of hydrogen-bond donors (Lipinski definition) is 1. The average molecular weight is 205 g/mol. The van der Waals surface area contributed by atoms with Crippen LogP contribution in [0.5, 0.6) is 0 Å². The number of carbonyl (C=O) groups is 1. The molecule has 0 heterocycles. The summed E-state index contributed by atoms with van der Waals surface area (Å²) in [5, 5.41) is 3.20. The van der Waals surface area contributed by atoms with E-state index in [9.17, 15) is 4.79 Å². The van der Waals surface area contributed by atoms with Crippen molar-refractivity contribution >= 4 is 11.7 Å². The fourth-order valence-corrected chi connectivity index (χ4v) is 1.16. The summed E-state index contributed by atoms with van der Waals surface area (Å²) in [6.45, 7) is 2.65. The average Bonchev–Trinajstić information content (AvgIpc) is 2.26. The summed E-state index contributed by atoms with van der Waals surface area (Å²) in [5.41, 5.74) is 2.26. The lowest BCUT2D eigenvalue weighted by atomic mass is 10.2. The highest BCUT2D eigenvalue weighted by Crippen LogP contribution is 2.12. The molecule has 80 valence electrons. The first-order chi connectivity index (χ1) is 7.24. The maximum Gasteiger partial charge on any atom is 0.330 e. The van der Waals surface area contributed by atoms with E-state index in [4.69, 9.17) is 0 Å². The van der Waals surface area contributed by atoms with E-state index in [1.165, 1.54) is 18.7 Å². The highest BCUT2D eigenvalue weighted by Gasteiger charge is 1.93. The number of methoxy groups -OCH3 is 1. The van der Waals surface area contributed by atoms with Gasteiger partial charge in [0.1, 0.15) is 0 Å². The molecule has 0 atom stereocenters. The summed E-state index contributed by atoms with van der Waals surface area (Å²) in [6, 6.07) is 8.00. The maximum atomic E-state index is 10.8. The molecule has 1 N–H and O–H groups in total. The van der Waals surface area contributed by atoms with Crippen LogP contribution in [0.1, 0.15) is 5.56 Å². The number of hydrogen-bond acceptors (Lipinski definition) is 3. The number of para-hydroxylation sites is 1. The van der Waals surface area contributed by atoms with E-state index >= 15 is 0 Å². The number of aryl methyl sites for hydroxylation is 1. The van der Waals surface area contributed by atoms with Gasteiger partial charge in [-0.3, -0.25) is 0 Å². The molecule has 0 spiro atoms. The summed E-state index contributed by atoms with van der Waals surface area (Å²) in [5.74, 6) is -0.332. The highest BCUT2D eigenvalue weighted by atomic mass is 16.5. The normalized spacial score (nSPS) is 10.3. The van der Waals surface area contributed by atoms with E-state index in [2.05, 4.69) is 10.1 Å². The molecule has 0 amide bonds. The molecule has 3 heteroatoms. The molecule has 1 aromatic carbocycles. The largest absolute Gasteiger partial charge is 0.466 e. The van der Waals surface area contributed by atoms with Gasteiger partial charge in [-0.2, -0.15) is 0 Å². The molecular formula is C12H15NO2. The Labute approximate surface area is 89.8 Å². The number of nitrogens with one attached hydrogen (secondary N) is 1. The Morgan fingerprint density at radius 1 is 1.47 bits per heavy atom. The zero-order valence-electron chi connectivity index (χ0n) is 8.99. The second-order valence-corrected chi connectivity index (χ2v) is 3.12. The van der Waals surface area contributed by atoms with Crippen molar-refractivity contribution in [3.05, 3.63) is 42.0 Å². The first-order valence-corrected chi connectivity index (χ1v) is 4.78. The van der Waals surface area contributed by atoms with Crippen molar-refractivity contribution in [2.24, 2.45) is 0 Å². The molecule has 1 aromatic rings. The smallest absolute Gasteiger partial charge is 0.330 e. The second-order valence-electron chi connectivity index (χ2n) is 3.12. The Morgan fingerprint density at radius 2 is 2.20 bits per heavy atom. The Bertz CT molecular complexity index is 358. The molecule has 0 bridgehead atoms. The van der Waals surface area contributed by atoms with Crippen molar-refractivity contribution in [1.29, 1.82) is 0 Å². The first-order valence-electron chi connectivity index (χ1n) is 4.78. The third-order valence-electron chi connectivity index (χ3n) is 2.01. The van der Waals surface area contributed by atoms with Crippen molar-refractivity contribution in [1.82, 2.24) is 0 Å². The number of carbonyl (C=O) groups excluding carboxylic acids is 1. The monoisotopic (exact) mass is 205 g/mol. The van der Waals surface area contributed by atoms with E-state index in [0.717, 1.165) is 5.69 Å². The Morgan fingerprint density at radius 3 is 2.87 bits per heavy atom. The lowest BCUT2D eigenvalue weighted by Gasteiger charge is -2.05. The predicted molar refractivity (Wildman–Crippen MR) is 60.8 cm³/mol. The summed E-state index contributed by atoms with van der Waals surface area (Å²) in [6.07, 6.45) is 3.14. The van der Waals surface area contributed by atoms with E-state index in [1.54, 1.807) is 6.08 Å². The predicted octanol–water partition coefficient (Wildman–Crippen LogP) is 2.14. The van der Waals surface area contributed by atoms with Gasteiger partial charge in [0.15, 0.2) is 0 Å². The Kier molecular flexibility index (Phi) is 4.41. The van der Waals surface area contributed by atoms with Crippen LogP contribution in [0.15, 0.2) is 36.4 Å². The molecule has 0 saturated heterocycles. The molecule has 1 rings (SSSR count). The van der Waals surface area contributed by atoms with E-state index in [-0.39, 0.29) is 5.97 Å². The number of anilines is 1. The number of rotatable bonds is 4. The molecule has 15 heavy (non-hydrogen) atoms. The van der Waals surface area contributed by atoms with Crippen LogP contribution in [0.4, 0.5) is 5.69 Å². The first kappa shape index (κ1) is 11.3. The van der Waals surface area contributed by atoms with Crippen LogP contribution in [-0.4, -0.2) is 19.6 Å². The van der Waals surface area contributed by atoms with Crippen LogP contribution >= 0.6 is 0 Å². The van der Waals surface area contributed by atoms with Crippen LogP contribution in [0, 0.1) is 6.92 Å². The van der Waals surface area contributed by atoms with Crippen molar-refractivity contribution in [2.45, 2.75) is 6.92 Å². The molecule has 0 aliphatic rings. The van der Waals surface area contributed by atoms with E-state index in [0.29, 0.717) is 6.54 Å². The standard InChI is InChI=1S/C12H15NO2/c1-10-6-3-4-7-11(10)13-9-5-8-12(14)15-2/h3-8,13H,9H2,1-2H3/b8-5+. The molecule has 0 saturated carbocycles. The number of ether oxygens (including phenoxy) is 1. The van der Waals surface area contributed by atoms with Gasteiger partial charge < -0.3 is 10.1 Å². The fourth-order valence-electron chi connectivity index (χ4n) is 1.16. The van der Waals surface area contributed by atoms with Crippen LogP contribution in [0.25, 0.3) is 0 Å². The van der Waals surface area contributed by atoms with Crippen molar-refractivity contribution in [3.8, 4) is 0 Å². The van der Waals surface area contributed by atoms with E-state index in [1.807, 2.05) is 31.2 Å². The summed E-state index contributed by atoms with van der Waals surface area (Å²) < 4.78 is 4.47. The van der Waals surface area contributed by atoms with Gasteiger partial charge in [0, 0.05) is 18.3 Å². The highest BCUT2D eigenvalue weighted by molar-refractivity contribution is 5.81. The quantitative estimate of drug-likeness (QED) is 0.604. The minimum absolute atomic E-state index is 0.332. The maximum absolute atomic E-state index is 10.8. The molecule has 0 aromatic heterocycles. The fraction of sp³-hybridized carbons (Fsp3) is 0.250. The molecular weight excluding hydrogens is 190 g/mol. The lowest BCUT2D eigenvalue weighted by molar-refractivity contribution is -0.134. The Balaban J connectivity index is 2.41. The zero-order chi connectivity index (χ0) is 11.1. The number of benzene rings is 1. The van der Waals surface area contributed by atoms with Crippen LogP contribution in [0.2, 0.25) is 0 Å². The van der Waals surface area contributed by atoms with Gasteiger partial charge >= 0.3 is 5.97 Å². The van der Waals surface area contributed by atoms with Crippen molar-refractivity contribution < 1.29 is 9.53 Å². The second kappa shape index (κ2) is 5.86. The van der Waals surface area contributed by atoms with Crippen LogP contribution < -0.4 is 5.32 Å². The molecule has 0 radical (unpaired) electrons. The summed E-state index contributed by atoms with van der Waals surface area (Å²) >= 11 is 0. The minimum atomic E-state index is -0.332. The van der Waals surface area contributed by atoms with Crippen molar-refractivity contribution in [3.63, 3.8) is 0 Å². The van der Waals surface area contributed by atoms with Gasteiger partial charge in [-0.1, -0.05) is 24.3 Å². The van der Waals surface area contributed by atoms with Gasteiger partial charge in [0.25, 0.3) is 0 Å². The van der Waals surface area contributed by atoms with Gasteiger partial charge in [-0.05, 0) is 18.6 Å². The molecule has 0 fully saturated rings. The minimum Gasteiger partial charge on any atom is -0.466 e.